The van der Waals surface area contributed by atoms with Gasteiger partial charge in [-0.2, -0.15) is 0 Å². The molecule has 2 unspecified atom stereocenters. The van der Waals surface area contributed by atoms with Crippen LogP contribution in [0, 0.1) is 6.92 Å². The smallest absolute Gasteiger partial charge is 0.264 e. The Balaban J connectivity index is 2.04. The Hall–Kier alpha value is -1.89. The molecule has 2 rings (SSSR count). The second-order valence-electron chi connectivity index (χ2n) is 7.36. The lowest BCUT2D eigenvalue weighted by molar-refractivity contribution is -0.137. The Morgan fingerprint density at radius 1 is 1.41 bits per heavy atom. The molecule has 1 N–H and O–H groups in total. The van der Waals surface area contributed by atoms with E-state index in [4.69, 9.17) is 0 Å². The van der Waals surface area contributed by atoms with E-state index in [1.807, 2.05) is 11.0 Å². The fourth-order valence-corrected chi connectivity index (χ4v) is 4.65. The molecule has 0 aromatic carbocycles. The Bertz CT molecular complexity index is 701. The third-order valence-electron chi connectivity index (χ3n) is 5.12. The van der Waals surface area contributed by atoms with Crippen molar-refractivity contribution in [1.29, 1.82) is 0 Å². The molecule has 1 aliphatic rings. The van der Waals surface area contributed by atoms with Gasteiger partial charge in [-0.25, -0.2) is 0 Å². The van der Waals surface area contributed by atoms with Crippen molar-refractivity contribution in [3.63, 3.8) is 0 Å². The van der Waals surface area contributed by atoms with Crippen LogP contribution in [0.5, 0.6) is 0 Å². The highest BCUT2D eigenvalue weighted by molar-refractivity contribution is 7.14. The molecule has 0 spiro atoms. The summed E-state index contributed by atoms with van der Waals surface area (Å²) in [6.07, 6.45) is 3.80. The summed E-state index contributed by atoms with van der Waals surface area (Å²) in [5.74, 6) is -0.284. The lowest BCUT2D eigenvalue weighted by Gasteiger charge is -2.38. The van der Waals surface area contributed by atoms with E-state index in [0.29, 0.717) is 6.54 Å². The Morgan fingerprint density at radius 2 is 2.11 bits per heavy atom. The van der Waals surface area contributed by atoms with Crippen LogP contribution in [0.1, 0.15) is 60.1 Å². The standard InChI is InChI=1S/C20H31N3O3S/c1-6-8-16-11-18(27-14(16)3)20(26)23-10-7-9-17(12-23)22(5)19(25)13(2)21-15(4)24/h11,13,17H,6-10,12H2,1-5H3,(H,21,24). The van der Waals surface area contributed by atoms with E-state index in [1.54, 1.807) is 30.2 Å². The zero-order valence-electron chi connectivity index (χ0n) is 17.0. The summed E-state index contributed by atoms with van der Waals surface area (Å²) >= 11 is 1.56. The van der Waals surface area contributed by atoms with E-state index in [1.165, 1.54) is 17.4 Å². The van der Waals surface area contributed by atoms with Crippen molar-refractivity contribution in [1.82, 2.24) is 15.1 Å². The van der Waals surface area contributed by atoms with Gasteiger partial charge in [-0.3, -0.25) is 14.4 Å². The van der Waals surface area contributed by atoms with Crippen molar-refractivity contribution < 1.29 is 14.4 Å². The molecule has 2 atom stereocenters. The molecule has 1 aromatic heterocycles. The van der Waals surface area contributed by atoms with Crippen LogP contribution in [0.3, 0.4) is 0 Å². The average Bonchev–Trinajstić information content (AvgIpc) is 3.00. The molecule has 1 fully saturated rings. The predicted molar refractivity (Wildman–Crippen MR) is 108 cm³/mol. The minimum absolute atomic E-state index is 0.0254. The molecule has 1 aliphatic heterocycles. The normalized spacial score (nSPS) is 18.1. The first kappa shape index (κ1) is 21.4. The third kappa shape index (κ3) is 5.31. The fourth-order valence-electron chi connectivity index (χ4n) is 3.61. The SMILES string of the molecule is CCCc1cc(C(=O)N2CCCC(N(C)C(=O)C(C)NC(C)=O)C2)sc1C. The van der Waals surface area contributed by atoms with Gasteiger partial charge in [-0.15, -0.1) is 11.3 Å². The van der Waals surface area contributed by atoms with Crippen LogP contribution in [0.2, 0.25) is 0 Å². The van der Waals surface area contributed by atoms with Crippen LogP contribution in [-0.4, -0.2) is 59.7 Å². The monoisotopic (exact) mass is 393 g/mol. The number of nitrogens with one attached hydrogen (secondary N) is 1. The molecule has 0 aliphatic carbocycles. The van der Waals surface area contributed by atoms with Crippen LogP contribution in [0.4, 0.5) is 0 Å². The van der Waals surface area contributed by atoms with Gasteiger partial charge in [0.05, 0.1) is 4.88 Å². The number of piperidine rings is 1. The number of nitrogens with zero attached hydrogens (tertiary/aromatic N) is 2. The predicted octanol–water partition coefficient (Wildman–Crippen LogP) is 2.60. The van der Waals surface area contributed by atoms with Gasteiger partial charge < -0.3 is 15.1 Å². The molecule has 2 heterocycles. The first-order valence-electron chi connectivity index (χ1n) is 9.66. The number of likely N-dealkylation sites (tertiary alicyclic amines) is 1. The molecule has 6 nitrogen and oxygen atoms in total. The molecule has 7 heteroatoms. The van der Waals surface area contributed by atoms with Crippen molar-refractivity contribution in [3.8, 4) is 0 Å². The molecule has 150 valence electrons. The zero-order chi connectivity index (χ0) is 20.1. The summed E-state index contributed by atoms with van der Waals surface area (Å²) in [6, 6.07) is 1.45. The highest BCUT2D eigenvalue weighted by atomic mass is 32.1. The van der Waals surface area contributed by atoms with Gasteiger partial charge in [-0.05, 0) is 44.7 Å². The van der Waals surface area contributed by atoms with Gasteiger partial charge in [0, 0.05) is 38.0 Å². The summed E-state index contributed by atoms with van der Waals surface area (Å²) in [5, 5.41) is 2.63. The number of rotatable bonds is 6. The topological polar surface area (TPSA) is 69.7 Å². The van der Waals surface area contributed by atoms with Crippen molar-refractivity contribution >= 4 is 29.1 Å². The first-order valence-corrected chi connectivity index (χ1v) is 10.5. The van der Waals surface area contributed by atoms with Crippen LogP contribution in [0.25, 0.3) is 0 Å². The molecular formula is C20H31N3O3S. The van der Waals surface area contributed by atoms with Crippen molar-refractivity contribution in [3.05, 3.63) is 21.4 Å². The molecule has 0 saturated carbocycles. The molecule has 27 heavy (non-hydrogen) atoms. The van der Waals surface area contributed by atoms with Crippen LogP contribution >= 0.6 is 11.3 Å². The molecule has 0 bridgehead atoms. The number of carbonyl (C=O) groups excluding carboxylic acids is 3. The van der Waals surface area contributed by atoms with Gasteiger partial charge in [0.25, 0.3) is 5.91 Å². The van der Waals surface area contributed by atoms with E-state index in [2.05, 4.69) is 19.2 Å². The fraction of sp³-hybridized carbons (Fsp3) is 0.650. The highest BCUT2D eigenvalue weighted by Gasteiger charge is 2.31. The number of hydrogen-bond donors (Lipinski definition) is 1. The van der Waals surface area contributed by atoms with E-state index in [9.17, 15) is 14.4 Å². The molecule has 1 aromatic rings. The number of hydrogen-bond acceptors (Lipinski definition) is 4. The maximum atomic E-state index is 13.0. The lowest BCUT2D eigenvalue weighted by Crippen LogP contribution is -2.54. The summed E-state index contributed by atoms with van der Waals surface area (Å²) in [7, 11) is 1.76. The number of likely N-dealkylation sites (N-methyl/N-ethyl adjacent to an activating group) is 1. The summed E-state index contributed by atoms with van der Waals surface area (Å²) in [5.41, 5.74) is 1.26. The van der Waals surface area contributed by atoms with E-state index >= 15 is 0 Å². The molecule has 1 saturated heterocycles. The summed E-state index contributed by atoms with van der Waals surface area (Å²) in [4.78, 5) is 42.3. The molecule has 3 amide bonds. The Morgan fingerprint density at radius 3 is 2.74 bits per heavy atom. The average molecular weight is 394 g/mol. The van der Waals surface area contributed by atoms with Gasteiger partial charge in [0.1, 0.15) is 6.04 Å². The van der Waals surface area contributed by atoms with Crippen LogP contribution < -0.4 is 5.32 Å². The van der Waals surface area contributed by atoms with Crippen molar-refractivity contribution in [2.75, 3.05) is 20.1 Å². The second kappa shape index (κ2) is 9.35. The van der Waals surface area contributed by atoms with Crippen molar-refractivity contribution in [2.24, 2.45) is 0 Å². The van der Waals surface area contributed by atoms with Gasteiger partial charge in [-0.1, -0.05) is 13.3 Å². The lowest BCUT2D eigenvalue weighted by atomic mass is 10.0. The molecule has 0 radical (unpaired) electrons. The van der Waals surface area contributed by atoms with Crippen LogP contribution in [0.15, 0.2) is 6.07 Å². The number of aryl methyl sites for hydroxylation is 2. The van der Waals surface area contributed by atoms with Crippen LogP contribution in [-0.2, 0) is 16.0 Å². The maximum Gasteiger partial charge on any atom is 0.264 e. The van der Waals surface area contributed by atoms with Gasteiger partial charge in [0.2, 0.25) is 11.8 Å². The Labute approximate surface area is 165 Å². The number of carbonyl (C=O) groups is 3. The maximum absolute atomic E-state index is 13.0. The second-order valence-corrected chi connectivity index (χ2v) is 8.62. The summed E-state index contributed by atoms with van der Waals surface area (Å²) in [6.45, 7) is 8.56. The molecular weight excluding hydrogens is 362 g/mol. The number of amides is 3. The first-order chi connectivity index (χ1) is 12.7. The van der Waals surface area contributed by atoms with Gasteiger partial charge >= 0.3 is 0 Å². The minimum atomic E-state index is -0.560. The van der Waals surface area contributed by atoms with Gasteiger partial charge in [0.15, 0.2) is 0 Å². The van der Waals surface area contributed by atoms with E-state index in [0.717, 1.165) is 37.1 Å². The number of thiophene rings is 1. The third-order valence-corrected chi connectivity index (χ3v) is 6.20. The zero-order valence-corrected chi connectivity index (χ0v) is 17.8. The quantitative estimate of drug-likeness (QED) is 0.808. The Kier molecular flexibility index (Phi) is 7.41. The summed E-state index contributed by atoms with van der Waals surface area (Å²) < 4.78 is 0. The largest absolute Gasteiger partial charge is 0.345 e. The van der Waals surface area contributed by atoms with E-state index in [-0.39, 0.29) is 23.8 Å². The highest BCUT2D eigenvalue weighted by Crippen LogP contribution is 2.26. The minimum Gasteiger partial charge on any atom is -0.345 e. The van der Waals surface area contributed by atoms with Crippen molar-refractivity contribution in [2.45, 2.75) is 65.5 Å². The van der Waals surface area contributed by atoms with E-state index < -0.39 is 6.04 Å².